The summed E-state index contributed by atoms with van der Waals surface area (Å²) < 4.78 is 5.77. The van der Waals surface area contributed by atoms with Gasteiger partial charge in [0.15, 0.2) is 6.29 Å². The SMILES string of the molecule is Cc1cc(OCCN2CCCC2)cc(C)c1C=O. The van der Waals surface area contributed by atoms with Crippen molar-refractivity contribution >= 4 is 6.29 Å². The van der Waals surface area contributed by atoms with E-state index in [0.717, 1.165) is 41.9 Å². The van der Waals surface area contributed by atoms with Gasteiger partial charge >= 0.3 is 0 Å². The normalized spacial score (nSPS) is 15.9. The van der Waals surface area contributed by atoms with Crippen LogP contribution in [-0.4, -0.2) is 37.4 Å². The molecule has 1 aromatic rings. The topological polar surface area (TPSA) is 29.5 Å². The monoisotopic (exact) mass is 247 g/mol. The van der Waals surface area contributed by atoms with Crippen LogP contribution in [0.2, 0.25) is 0 Å². The van der Waals surface area contributed by atoms with Crippen LogP contribution in [-0.2, 0) is 0 Å². The molecule has 1 aliphatic heterocycles. The zero-order chi connectivity index (χ0) is 13.0. The van der Waals surface area contributed by atoms with Crippen molar-refractivity contribution in [3.05, 3.63) is 28.8 Å². The van der Waals surface area contributed by atoms with Crippen LogP contribution in [0.1, 0.15) is 34.3 Å². The lowest BCUT2D eigenvalue weighted by molar-refractivity contribution is 0.112. The number of carbonyl (C=O) groups excluding carboxylic acids is 1. The van der Waals surface area contributed by atoms with E-state index >= 15 is 0 Å². The van der Waals surface area contributed by atoms with E-state index in [9.17, 15) is 4.79 Å². The van der Waals surface area contributed by atoms with Crippen LogP contribution in [0.15, 0.2) is 12.1 Å². The number of nitrogens with zero attached hydrogens (tertiary/aromatic N) is 1. The van der Waals surface area contributed by atoms with Crippen molar-refractivity contribution in [1.82, 2.24) is 4.90 Å². The van der Waals surface area contributed by atoms with Gasteiger partial charge in [0.2, 0.25) is 0 Å². The second-order valence-electron chi connectivity index (χ2n) is 4.99. The lowest BCUT2D eigenvalue weighted by atomic mass is 10.0. The fourth-order valence-corrected chi connectivity index (χ4v) is 2.50. The summed E-state index contributed by atoms with van der Waals surface area (Å²) in [7, 11) is 0. The zero-order valence-corrected chi connectivity index (χ0v) is 11.2. The molecule has 1 heterocycles. The summed E-state index contributed by atoms with van der Waals surface area (Å²) in [6, 6.07) is 3.89. The van der Waals surface area contributed by atoms with Gasteiger partial charge in [-0.25, -0.2) is 0 Å². The van der Waals surface area contributed by atoms with E-state index in [4.69, 9.17) is 4.74 Å². The first-order valence-electron chi connectivity index (χ1n) is 6.62. The van der Waals surface area contributed by atoms with Gasteiger partial charge in [-0.1, -0.05) is 0 Å². The van der Waals surface area contributed by atoms with E-state index in [0.29, 0.717) is 0 Å². The van der Waals surface area contributed by atoms with Gasteiger partial charge in [-0.05, 0) is 63.0 Å². The molecule has 0 aliphatic carbocycles. The van der Waals surface area contributed by atoms with E-state index in [1.54, 1.807) is 0 Å². The summed E-state index contributed by atoms with van der Waals surface area (Å²) in [5, 5.41) is 0. The number of benzene rings is 1. The van der Waals surface area contributed by atoms with Gasteiger partial charge in [0.25, 0.3) is 0 Å². The minimum atomic E-state index is 0.722. The van der Waals surface area contributed by atoms with Gasteiger partial charge < -0.3 is 4.74 Å². The van der Waals surface area contributed by atoms with Crippen LogP contribution in [0.5, 0.6) is 5.75 Å². The molecule has 0 radical (unpaired) electrons. The number of aldehydes is 1. The first-order chi connectivity index (χ1) is 8.70. The van der Waals surface area contributed by atoms with Crippen molar-refractivity contribution in [1.29, 1.82) is 0 Å². The molecule has 0 saturated carbocycles. The fraction of sp³-hybridized carbons (Fsp3) is 0.533. The second-order valence-corrected chi connectivity index (χ2v) is 4.99. The average Bonchev–Trinajstić information content (AvgIpc) is 2.82. The molecule has 0 atom stereocenters. The van der Waals surface area contributed by atoms with Gasteiger partial charge in [-0.2, -0.15) is 0 Å². The highest BCUT2D eigenvalue weighted by Crippen LogP contribution is 2.20. The number of hydrogen-bond acceptors (Lipinski definition) is 3. The average molecular weight is 247 g/mol. The van der Waals surface area contributed by atoms with Gasteiger partial charge in [-0.3, -0.25) is 9.69 Å². The zero-order valence-electron chi connectivity index (χ0n) is 11.2. The highest BCUT2D eigenvalue weighted by atomic mass is 16.5. The van der Waals surface area contributed by atoms with E-state index in [2.05, 4.69) is 4.90 Å². The van der Waals surface area contributed by atoms with Crippen LogP contribution in [0.3, 0.4) is 0 Å². The second kappa shape index (κ2) is 6.01. The Morgan fingerprint density at radius 2 is 1.83 bits per heavy atom. The Balaban J connectivity index is 1.91. The Bertz CT molecular complexity index is 399. The summed E-state index contributed by atoms with van der Waals surface area (Å²) in [6.07, 6.45) is 3.54. The predicted octanol–water partition coefficient (Wildman–Crippen LogP) is 2.59. The van der Waals surface area contributed by atoms with Crippen molar-refractivity contribution in [2.75, 3.05) is 26.2 Å². The number of carbonyl (C=O) groups is 1. The highest BCUT2D eigenvalue weighted by molar-refractivity contribution is 5.80. The number of ether oxygens (including phenoxy) is 1. The van der Waals surface area contributed by atoms with Crippen molar-refractivity contribution in [3.63, 3.8) is 0 Å². The summed E-state index contributed by atoms with van der Waals surface area (Å²) in [5.41, 5.74) is 2.75. The van der Waals surface area contributed by atoms with E-state index in [-0.39, 0.29) is 0 Å². The third-order valence-electron chi connectivity index (χ3n) is 3.56. The van der Waals surface area contributed by atoms with Crippen LogP contribution in [0.25, 0.3) is 0 Å². The molecule has 0 spiro atoms. The third-order valence-corrected chi connectivity index (χ3v) is 3.56. The van der Waals surface area contributed by atoms with E-state index < -0.39 is 0 Å². The standard InChI is InChI=1S/C15H21NO2/c1-12-9-14(10-13(2)15(12)11-17)18-8-7-16-5-3-4-6-16/h9-11H,3-8H2,1-2H3. The maximum absolute atomic E-state index is 10.9. The molecule has 0 amide bonds. The van der Waals surface area contributed by atoms with Crippen LogP contribution in [0, 0.1) is 13.8 Å². The molecule has 1 saturated heterocycles. The first kappa shape index (κ1) is 13.1. The van der Waals surface area contributed by atoms with Crippen molar-refractivity contribution in [2.24, 2.45) is 0 Å². The summed E-state index contributed by atoms with van der Waals surface area (Å²) in [6.45, 7) is 8.01. The largest absolute Gasteiger partial charge is 0.492 e. The number of likely N-dealkylation sites (tertiary alicyclic amines) is 1. The maximum Gasteiger partial charge on any atom is 0.150 e. The third kappa shape index (κ3) is 3.10. The predicted molar refractivity (Wildman–Crippen MR) is 72.5 cm³/mol. The molecule has 0 N–H and O–H groups in total. The molecular weight excluding hydrogens is 226 g/mol. The number of rotatable bonds is 5. The summed E-state index contributed by atoms with van der Waals surface area (Å²) in [4.78, 5) is 13.3. The number of aryl methyl sites for hydroxylation is 2. The molecule has 2 rings (SSSR count). The summed E-state index contributed by atoms with van der Waals surface area (Å²) in [5.74, 6) is 0.870. The molecule has 18 heavy (non-hydrogen) atoms. The smallest absolute Gasteiger partial charge is 0.150 e. The van der Waals surface area contributed by atoms with Crippen LogP contribution >= 0.6 is 0 Å². The number of hydrogen-bond donors (Lipinski definition) is 0. The van der Waals surface area contributed by atoms with E-state index in [1.807, 2.05) is 26.0 Å². The van der Waals surface area contributed by atoms with Gasteiger partial charge in [0, 0.05) is 12.1 Å². The quantitative estimate of drug-likeness (QED) is 0.749. The Morgan fingerprint density at radius 1 is 1.22 bits per heavy atom. The van der Waals surface area contributed by atoms with Crippen molar-refractivity contribution in [3.8, 4) is 5.75 Å². The molecular formula is C15H21NO2. The molecule has 0 bridgehead atoms. The van der Waals surface area contributed by atoms with Gasteiger partial charge in [-0.15, -0.1) is 0 Å². The summed E-state index contributed by atoms with van der Waals surface area (Å²) >= 11 is 0. The van der Waals surface area contributed by atoms with E-state index in [1.165, 1.54) is 25.9 Å². The Labute approximate surface area is 109 Å². The first-order valence-corrected chi connectivity index (χ1v) is 6.62. The van der Waals surface area contributed by atoms with Crippen LogP contribution < -0.4 is 4.74 Å². The lowest BCUT2D eigenvalue weighted by Gasteiger charge is -2.15. The van der Waals surface area contributed by atoms with Crippen molar-refractivity contribution in [2.45, 2.75) is 26.7 Å². The lowest BCUT2D eigenvalue weighted by Crippen LogP contribution is -2.25. The Morgan fingerprint density at radius 3 is 2.39 bits per heavy atom. The van der Waals surface area contributed by atoms with Gasteiger partial charge in [0.05, 0.1) is 0 Å². The Kier molecular flexibility index (Phi) is 4.37. The minimum absolute atomic E-state index is 0.722. The molecule has 1 aromatic carbocycles. The molecule has 1 fully saturated rings. The molecule has 0 unspecified atom stereocenters. The maximum atomic E-state index is 10.9. The van der Waals surface area contributed by atoms with Gasteiger partial charge in [0.1, 0.15) is 12.4 Å². The minimum Gasteiger partial charge on any atom is -0.492 e. The van der Waals surface area contributed by atoms with Crippen molar-refractivity contribution < 1.29 is 9.53 Å². The molecule has 98 valence electrons. The fourth-order valence-electron chi connectivity index (χ4n) is 2.50. The molecule has 3 nitrogen and oxygen atoms in total. The molecule has 3 heteroatoms. The highest BCUT2D eigenvalue weighted by Gasteiger charge is 2.11. The molecule has 0 aromatic heterocycles. The molecule has 1 aliphatic rings. The van der Waals surface area contributed by atoms with Crippen LogP contribution in [0.4, 0.5) is 0 Å². The Hall–Kier alpha value is -1.35.